The van der Waals surface area contributed by atoms with Crippen molar-refractivity contribution in [1.29, 1.82) is 0 Å². The predicted molar refractivity (Wildman–Crippen MR) is 101 cm³/mol. The average Bonchev–Trinajstić information content (AvgIpc) is 2.61. The fourth-order valence-corrected chi connectivity index (χ4v) is 2.58. The molecular formula is C19H29N3O5. The van der Waals surface area contributed by atoms with Crippen molar-refractivity contribution in [3.63, 3.8) is 0 Å². The number of carboxylic acids is 1. The van der Waals surface area contributed by atoms with Crippen molar-refractivity contribution < 1.29 is 24.6 Å². The number of carbonyl (C=O) groups excluding carboxylic acids is 2. The van der Waals surface area contributed by atoms with Gasteiger partial charge in [-0.25, -0.2) is 4.79 Å². The van der Waals surface area contributed by atoms with E-state index in [0.717, 1.165) is 5.56 Å². The summed E-state index contributed by atoms with van der Waals surface area (Å²) < 4.78 is 0. The van der Waals surface area contributed by atoms with Crippen LogP contribution in [0.4, 0.5) is 0 Å². The molecule has 0 aliphatic rings. The fraction of sp³-hybridized carbons (Fsp3) is 0.526. The van der Waals surface area contributed by atoms with Gasteiger partial charge in [0, 0.05) is 6.42 Å². The van der Waals surface area contributed by atoms with Crippen LogP contribution in [-0.2, 0) is 20.8 Å². The molecule has 0 heterocycles. The summed E-state index contributed by atoms with van der Waals surface area (Å²) in [5.74, 6) is -2.38. The molecule has 3 atom stereocenters. The molecule has 0 unspecified atom stereocenters. The van der Waals surface area contributed by atoms with Gasteiger partial charge < -0.3 is 26.6 Å². The zero-order chi connectivity index (χ0) is 20.4. The van der Waals surface area contributed by atoms with Gasteiger partial charge in [-0.1, -0.05) is 44.2 Å². The van der Waals surface area contributed by atoms with E-state index in [9.17, 15) is 24.6 Å². The molecule has 0 aromatic heterocycles. The van der Waals surface area contributed by atoms with Crippen LogP contribution >= 0.6 is 0 Å². The van der Waals surface area contributed by atoms with Gasteiger partial charge in [-0.05, 0) is 30.9 Å². The zero-order valence-corrected chi connectivity index (χ0v) is 15.7. The molecule has 1 rings (SSSR count). The second kappa shape index (κ2) is 11.3. The number of nitrogens with one attached hydrogen (secondary N) is 2. The third kappa shape index (κ3) is 8.19. The first-order chi connectivity index (χ1) is 12.7. The van der Waals surface area contributed by atoms with Crippen LogP contribution in [0.25, 0.3) is 0 Å². The van der Waals surface area contributed by atoms with Crippen LogP contribution in [-0.4, -0.2) is 52.7 Å². The zero-order valence-electron chi connectivity index (χ0n) is 15.7. The number of carboxylic acid groups (broad SMARTS) is 1. The van der Waals surface area contributed by atoms with Crippen LogP contribution in [0.1, 0.15) is 32.3 Å². The first-order valence-corrected chi connectivity index (χ1v) is 9.00. The first kappa shape index (κ1) is 22.6. The maximum absolute atomic E-state index is 12.6. The van der Waals surface area contributed by atoms with Crippen molar-refractivity contribution in [1.82, 2.24) is 10.6 Å². The van der Waals surface area contributed by atoms with Crippen molar-refractivity contribution >= 4 is 17.8 Å². The minimum absolute atomic E-state index is 0.0742. The van der Waals surface area contributed by atoms with Gasteiger partial charge in [-0.2, -0.15) is 0 Å². The second-order valence-electron chi connectivity index (χ2n) is 6.87. The van der Waals surface area contributed by atoms with Crippen molar-refractivity contribution in [2.24, 2.45) is 11.7 Å². The summed E-state index contributed by atoms with van der Waals surface area (Å²) in [5.41, 5.74) is 6.10. The number of nitrogens with two attached hydrogens (primary N) is 1. The van der Waals surface area contributed by atoms with Crippen LogP contribution in [0.3, 0.4) is 0 Å². The van der Waals surface area contributed by atoms with Gasteiger partial charge in [0.25, 0.3) is 0 Å². The van der Waals surface area contributed by atoms with Crippen molar-refractivity contribution in [2.45, 2.75) is 51.3 Å². The Bertz CT molecular complexity index is 621. The highest BCUT2D eigenvalue weighted by Gasteiger charge is 2.28. The van der Waals surface area contributed by atoms with E-state index in [-0.39, 0.29) is 25.3 Å². The summed E-state index contributed by atoms with van der Waals surface area (Å²) in [6, 6.07) is 6.88. The fourth-order valence-electron chi connectivity index (χ4n) is 2.58. The lowest BCUT2D eigenvalue weighted by Crippen LogP contribution is -2.54. The highest BCUT2D eigenvalue weighted by Crippen LogP contribution is 2.08. The number of carbonyl (C=O) groups is 3. The number of amides is 2. The summed E-state index contributed by atoms with van der Waals surface area (Å²) >= 11 is 0. The summed E-state index contributed by atoms with van der Waals surface area (Å²) in [6.45, 7) is 3.89. The summed E-state index contributed by atoms with van der Waals surface area (Å²) in [7, 11) is 0. The standard InChI is InChI=1S/C19H29N3O5/c1-12(2)10-14(21-18(25)16(23)8-9-20)17(24)22-15(19(26)27)11-13-6-4-3-5-7-13/h3-7,12,14-16,23H,8-11,20H2,1-2H3,(H,21,25)(H,22,24)(H,26,27)/t14-,15-,16-/m0/s1. The first-order valence-electron chi connectivity index (χ1n) is 9.00. The van der Waals surface area contributed by atoms with Crippen LogP contribution in [0.5, 0.6) is 0 Å². The maximum Gasteiger partial charge on any atom is 0.326 e. The Balaban J connectivity index is 2.82. The van der Waals surface area contributed by atoms with Gasteiger partial charge in [0.05, 0.1) is 0 Å². The van der Waals surface area contributed by atoms with Crippen LogP contribution < -0.4 is 16.4 Å². The van der Waals surface area contributed by atoms with Gasteiger partial charge in [-0.15, -0.1) is 0 Å². The minimum Gasteiger partial charge on any atom is -0.480 e. The Morgan fingerprint density at radius 3 is 2.15 bits per heavy atom. The van der Waals surface area contributed by atoms with Crippen LogP contribution in [0.2, 0.25) is 0 Å². The molecule has 0 saturated heterocycles. The molecule has 0 fully saturated rings. The van der Waals surface area contributed by atoms with E-state index in [0.29, 0.717) is 6.42 Å². The Labute approximate surface area is 159 Å². The molecular weight excluding hydrogens is 350 g/mol. The Kier molecular flexibility index (Phi) is 9.46. The molecule has 0 bridgehead atoms. The molecule has 2 amide bonds. The third-order valence-corrected chi connectivity index (χ3v) is 3.98. The molecule has 0 aliphatic carbocycles. The third-order valence-electron chi connectivity index (χ3n) is 3.98. The Morgan fingerprint density at radius 1 is 1.04 bits per heavy atom. The topological polar surface area (TPSA) is 142 Å². The largest absolute Gasteiger partial charge is 0.480 e. The van der Waals surface area contributed by atoms with Gasteiger partial charge in [0.15, 0.2) is 0 Å². The number of hydrogen-bond donors (Lipinski definition) is 5. The molecule has 0 spiro atoms. The number of aliphatic hydroxyl groups is 1. The van der Waals surface area contributed by atoms with Crippen LogP contribution in [0.15, 0.2) is 30.3 Å². The molecule has 150 valence electrons. The number of hydrogen-bond acceptors (Lipinski definition) is 5. The second-order valence-corrected chi connectivity index (χ2v) is 6.87. The molecule has 0 aliphatic heterocycles. The molecule has 6 N–H and O–H groups in total. The molecule has 0 radical (unpaired) electrons. The van der Waals surface area contributed by atoms with E-state index in [4.69, 9.17) is 5.73 Å². The number of benzene rings is 1. The lowest BCUT2D eigenvalue weighted by Gasteiger charge is -2.24. The van der Waals surface area contributed by atoms with Crippen molar-refractivity contribution in [2.75, 3.05) is 6.54 Å². The van der Waals surface area contributed by atoms with Crippen molar-refractivity contribution in [3.8, 4) is 0 Å². The summed E-state index contributed by atoms with van der Waals surface area (Å²) in [6.07, 6.45) is -0.796. The minimum atomic E-state index is -1.31. The Morgan fingerprint density at radius 2 is 1.63 bits per heavy atom. The summed E-state index contributed by atoms with van der Waals surface area (Å²) in [4.78, 5) is 36.2. The van der Waals surface area contributed by atoms with Gasteiger partial charge in [0.2, 0.25) is 11.8 Å². The molecule has 1 aromatic carbocycles. The lowest BCUT2D eigenvalue weighted by atomic mass is 10.0. The monoisotopic (exact) mass is 379 g/mol. The molecule has 27 heavy (non-hydrogen) atoms. The smallest absolute Gasteiger partial charge is 0.326 e. The molecule has 0 saturated carbocycles. The maximum atomic E-state index is 12.6. The van der Waals surface area contributed by atoms with Gasteiger partial charge >= 0.3 is 5.97 Å². The van der Waals surface area contributed by atoms with E-state index in [1.807, 2.05) is 19.9 Å². The number of rotatable bonds is 11. The van der Waals surface area contributed by atoms with Crippen molar-refractivity contribution in [3.05, 3.63) is 35.9 Å². The predicted octanol–water partition coefficient (Wildman–Crippen LogP) is 0.0391. The van der Waals surface area contributed by atoms with E-state index >= 15 is 0 Å². The Hall–Kier alpha value is -2.45. The highest BCUT2D eigenvalue weighted by atomic mass is 16.4. The molecule has 1 aromatic rings. The number of aliphatic carboxylic acids is 1. The highest BCUT2D eigenvalue weighted by molar-refractivity contribution is 5.91. The van der Waals surface area contributed by atoms with E-state index in [2.05, 4.69) is 10.6 Å². The summed E-state index contributed by atoms with van der Waals surface area (Å²) in [5, 5.41) is 24.1. The van der Waals surface area contributed by atoms with Gasteiger partial charge in [-0.3, -0.25) is 9.59 Å². The normalized spacial score (nSPS) is 14.3. The quantitative estimate of drug-likeness (QED) is 0.367. The average molecular weight is 379 g/mol. The molecule has 8 nitrogen and oxygen atoms in total. The van der Waals surface area contributed by atoms with Gasteiger partial charge in [0.1, 0.15) is 18.2 Å². The van der Waals surface area contributed by atoms with E-state index in [1.165, 1.54) is 0 Å². The van der Waals surface area contributed by atoms with E-state index in [1.54, 1.807) is 24.3 Å². The SMILES string of the molecule is CC(C)C[C@H](NC(=O)[C@@H](O)CCN)C(=O)N[C@@H](Cc1ccccc1)C(=O)O. The van der Waals surface area contributed by atoms with E-state index < -0.39 is 36.0 Å². The molecule has 8 heteroatoms. The lowest BCUT2D eigenvalue weighted by molar-refractivity contribution is -0.142. The number of aliphatic hydroxyl groups excluding tert-OH is 1. The van der Waals surface area contributed by atoms with Crippen LogP contribution in [0, 0.1) is 5.92 Å².